The van der Waals surface area contributed by atoms with Crippen LogP contribution in [0.3, 0.4) is 0 Å². The molecule has 0 aliphatic carbocycles. The molecule has 212 valence electrons. The fourth-order valence-corrected chi connectivity index (χ4v) is 5.45. The Balaban J connectivity index is 1.42. The molecule has 1 amide bonds. The van der Waals surface area contributed by atoms with Gasteiger partial charge in [-0.1, -0.05) is 71.4 Å². The lowest BCUT2D eigenvalue weighted by molar-refractivity contribution is -0.394. The summed E-state index contributed by atoms with van der Waals surface area (Å²) in [4.78, 5) is 38.3. The summed E-state index contributed by atoms with van der Waals surface area (Å²) in [5.41, 5.74) is 5.46. The minimum Gasteiger partial charge on any atom is -0.352 e. The lowest BCUT2D eigenvalue weighted by atomic mass is 10.0. The van der Waals surface area contributed by atoms with E-state index in [0.717, 1.165) is 64.6 Å². The molecule has 1 heterocycles. The van der Waals surface area contributed by atoms with Crippen LogP contribution in [0, 0.1) is 34.1 Å². The van der Waals surface area contributed by atoms with E-state index < -0.39 is 27.1 Å². The van der Waals surface area contributed by atoms with Crippen LogP contribution >= 0.6 is 11.8 Å². The van der Waals surface area contributed by atoms with Gasteiger partial charge in [-0.15, -0.1) is 0 Å². The number of benzene rings is 3. The number of hydrogen-bond acceptors (Lipinski definition) is 7. The summed E-state index contributed by atoms with van der Waals surface area (Å²) in [6.07, 6.45) is 1.45. The number of carbonyl (C=O) groups excluding carboxylic acids is 1. The van der Waals surface area contributed by atoms with E-state index in [0.29, 0.717) is 13.0 Å². The number of non-ortho nitro benzene ring substituents is 2. The predicted octanol–water partition coefficient (Wildman–Crippen LogP) is 6.97. The van der Waals surface area contributed by atoms with Crippen LogP contribution in [0.4, 0.5) is 11.4 Å². The second kappa shape index (κ2) is 13.2. The third-order valence-electron chi connectivity index (χ3n) is 6.57. The number of amides is 1. The SMILES string of the molecule is CCn1c(SCCCCNC(=O)c2cc([N+](=O)[O-])cc([N+](=O)[O-])c2)nc(-c2ccc(C)cc2)c1-c1ccc(C)cc1. The Hall–Kier alpha value is -4.51. The highest BCUT2D eigenvalue weighted by Gasteiger charge is 2.21. The number of nitrogens with one attached hydrogen (secondary N) is 1. The third kappa shape index (κ3) is 7.17. The highest BCUT2D eigenvalue weighted by molar-refractivity contribution is 7.99. The van der Waals surface area contributed by atoms with Crippen LogP contribution in [0.25, 0.3) is 22.5 Å². The number of aryl methyl sites for hydroxylation is 2. The maximum Gasteiger partial charge on any atom is 0.277 e. The fraction of sp³-hybridized carbons (Fsp3) is 0.267. The number of hydrogen-bond donors (Lipinski definition) is 1. The molecule has 0 radical (unpaired) electrons. The zero-order chi connectivity index (χ0) is 29.5. The van der Waals surface area contributed by atoms with E-state index in [1.165, 1.54) is 11.1 Å². The molecule has 0 unspecified atom stereocenters. The predicted molar refractivity (Wildman–Crippen MR) is 160 cm³/mol. The molecule has 4 rings (SSSR count). The summed E-state index contributed by atoms with van der Waals surface area (Å²) < 4.78 is 2.24. The summed E-state index contributed by atoms with van der Waals surface area (Å²) in [5.74, 6) is 0.187. The van der Waals surface area contributed by atoms with Crippen molar-refractivity contribution in [3.05, 3.63) is 104 Å². The molecule has 0 aliphatic rings. The molecule has 0 saturated carbocycles. The molecular formula is C30H31N5O5S. The quantitative estimate of drug-likeness (QED) is 0.0837. The molecule has 3 aromatic carbocycles. The molecule has 0 bridgehead atoms. The Kier molecular flexibility index (Phi) is 9.51. The summed E-state index contributed by atoms with van der Waals surface area (Å²) in [7, 11) is 0. The average Bonchev–Trinajstić information content (AvgIpc) is 3.33. The van der Waals surface area contributed by atoms with Crippen LogP contribution in [0.2, 0.25) is 0 Å². The van der Waals surface area contributed by atoms with E-state index in [1.54, 1.807) is 11.8 Å². The van der Waals surface area contributed by atoms with Crippen LogP contribution in [-0.4, -0.2) is 37.6 Å². The number of nitrogens with zero attached hydrogens (tertiary/aromatic N) is 4. The Morgan fingerprint density at radius 3 is 1.98 bits per heavy atom. The van der Waals surface area contributed by atoms with Gasteiger partial charge in [-0.05, 0) is 33.6 Å². The van der Waals surface area contributed by atoms with Gasteiger partial charge in [0.25, 0.3) is 17.3 Å². The van der Waals surface area contributed by atoms with Gasteiger partial charge in [-0.25, -0.2) is 4.98 Å². The highest BCUT2D eigenvalue weighted by Crippen LogP contribution is 2.36. The van der Waals surface area contributed by atoms with Crippen molar-refractivity contribution in [2.45, 2.75) is 45.3 Å². The molecule has 0 fully saturated rings. The first kappa shape index (κ1) is 29.5. The van der Waals surface area contributed by atoms with Crippen LogP contribution in [0.15, 0.2) is 71.9 Å². The van der Waals surface area contributed by atoms with Gasteiger partial charge in [0.2, 0.25) is 0 Å². The van der Waals surface area contributed by atoms with Crippen molar-refractivity contribution in [3.63, 3.8) is 0 Å². The van der Waals surface area contributed by atoms with Gasteiger partial charge < -0.3 is 9.88 Å². The molecule has 0 atom stereocenters. The van der Waals surface area contributed by atoms with Gasteiger partial charge in [0.1, 0.15) is 0 Å². The monoisotopic (exact) mass is 573 g/mol. The maximum atomic E-state index is 12.5. The first-order valence-corrected chi connectivity index (χ1v) is 14.3. The summed E-state index contributed by atoms with van der Waals surface area (Å²) in [6, 6.07) is 19.8. The van der Waals surface area contributed by atoms with Crippen molar-refractivity contribution in [3.8, 4) is 22.5 Å². The number of imidazole rings is 1. The normalized spacial score (nSPS) is 10.9. The minimum absolute atomic E-state index is 0.113. The molecule has 0 spiro atoms. The first-order valence-electron chi connectivity index (χ1n) is 13.3. The molecule has 4 aromatic rings. The molecular weight excluding hydrogens is 542 g/mol. The average molecular weight is 574 g/mol. The van der Waals surface area contributed by atoms with Crippen molar-refractivity contribution in [1.29, 1.82) is 0 Å². The zero-order valence-corrected chi connectivity index (χ0v) is 23.9. The number of unbranched alkanes of at least 4 members (excludes halogenated alkanes) is 1. The van der Waals surface area contributed by atoms with Crippen molar-refractivity contribution < 1.29 is 14.6 Å². The van der Waals surface area contributed by atoms with Crippen LogP contribution in [0.5, 0.6) is 0 Å². The van der Waals surface area contributed by atoms with Crippen LogP contribution in [-0.2, 0) is 6.54 Å². The van der Waals surface area contributed by atoms with E-state index in [1.807, 2.05) is 0 Å². The number of aromatic nitrogens is 2. The van der Waals surface area contributed by atoms with Gasteiger partial charge in [0.05, 0.1) is 32.9 Å². The van der Waals surface area contributed by atoms with Gasteiger partial charge in [-0.3, -0.25) is 25.0 Å². The lowest BCUT2D eigenvalue weighted by Crippen LogP contribution is -2.24. The fourth-order valence-electron chi connectivity index (χ4n) is 4.38. The Morgan fingerprint density at radius 1 is 0.878 bits per heavy atom. The summed E-state index contributed by atoms with van der Waals surface area (Å²) in [5, 5.41) is 25.8. The molecule has 1 aromatic heterocycles. The standard InChI is InChI=1S/C30H31N5O5S/c1-4-33-28(23-13-9-21(3)10-14-23)27(22-11-7-20(2)8-12-22)32-30(33)41-16-6-5-15-31-29(36)24-17-25(34(37)38)19-26(18-24)35(39)40/h7-14,17-19H,4-6,15-16H2,1-3H3,(H,31,36). The van der Waals surface area contributed by atoms with E-state index in [4.69, 9.17) is 4.98 Å². The van der Waals surface area contributed by atoms with E-state index >= 15 is 0 Å². The zero-order valence-electron chi connectivity index (χ0n) is 23.1. The van der Waals surface area contributed by atoms with Gasteiger partial charge >= 0.3 is 0 Å². The van der Waals surface area contributed by atoms with Crippen LogP contribution in [0.1, 0.15) is 41.3 Å². The number of carbonyl (C=O) groups is 1. The number of rotatable bonds is 12. The van der Waals surface area contributed by atoms with Crippen molar-refractivity contribution >= 4 is 29.0 Å². The third-order valence-corrected chi connectivity index (χ3v) is 7.64. The number of thioether (sulfide) groups is 1. The van der Waals surface area contributed by atoms with Gasteiger partial charge in [-0.2, -0.15) is 0 Å². The number of nitro benzene ring substituents is 2. The Bertz CT molecular complexity index is 1530. The summed E-state index contributed by atoms with van der Waals surface area (Å²) in [6.45, 7) is 7.33. The highest BCUT2D eigenvalue weighted by atomic mass is 32.2. The summed E-state index contributed by atoms with van der Waals surface area (Å²) >= 11 is 1.66. The van der Waals surface area contributed by atoms with E-state index in [2.05, 4.69) is 79.2 Å². The minimum atomic E-state index is -0.754. The number of nitro groups is 2. The van der Waals surface area contributed by atoms with Crippen molar-refractivity contribution in [1.82, 2.24) is 14.9 Å². The molecule has 10 nitrogen and oxygen atoms in total. The molecule has 1 N–H and O–H groups in total. The van der Waals surface area contributed by atoms with Crippen molar-refractivity contribution in [2.75, 3.05) is 12.3 Å². The Labute approximate surface area is 242 Å². The van der Waals surface area contributed by atoms with Crippen molar-refractivity contribution in [2.24, 2.45) is 0 Å². The lowest BCUT2D eigenvalue weighted by Gasteiger charge is -2.11. The largest absolute Gasteiger partial charge is 0.352 e. The van der Waals surface area contributed by atoms with Gasteiger partial charge in [0.15, 0.2) is 5.16 Å². The smallest absolute Gasteiger partial charge is 0.277 e. The molecule has 0 saturated heterocycles. The molecule has 11 heteroatoms. The van der Waals surface area contributed by atoms with Crippen LogP contribution < -0.4 is 5.32 Å². The first-order chi connectivity index (χ1) is 19.7. The second-order valence-electron chi connectivity index (χ2n) is 9.63. The van der Waals surface area contributed by atoms with E-state index in [9.17, 15) is 25.0 Å². The van der Waals surface area contributed by atoms with E-state index in [-0.39, 0.29) is 5.56 Å². The molecule has 0 aliphatic heterocycles. The van der Waals surface area contributed by atoms with Gasteiger partial charge in [0, 0.05) is 42.1 Å². The second-order valence-corrected chi connectivity index (χ2v) is 10.7. The Morgan fingerprint density at radius 2 is 1.44 bits per heavy atom. The topological polar surface area (TPSA) is 133 Å². The molecule has 41 heavy (non-hydrogen) atoms. The maximum absolute atomic E-state index is 12.5.